The molecule has 1 atom stereocenters. The number of rotatable bonds is 2. The maximum absolute atomic E-state index is 6.39. The van der Waals surface area contributed by atoms with E-state index < -0.39 is 0 Å². The third kappa shape index (κ3) is 3.15. The summed E-state index contributed by atoms with van der Waals surface area (Å²) in [6.45, 7) is 3.12. The fraction of sp³-hybridized carbons (Fsp3) is 0.250. The van der Waals surface area contributed by atoms with Crippen LogP contribution in [0.4, 0.5) is 0 Å². The van der Waals surface area contributed by atoms with Crippen LogP contribution in [-0.4, -0.2) is 13.2 Å². The molecule has 0 saturated carbocycles. The number of fused-ring (bicyclic) bond motifs is 1. The molecule has 2 aromatic rings. The highest BCUT2D eigenvalue weighted by Crippen LogP contribution is 2.42. The molecule has 1 unspecified atom stereocenters. The van der Waals surface area contributed by atoms with Gasteiger partial charge in [0, 0.05) is 16.1 Å². The first-order valence-corrected chi connectivity index (χ1v) is 8.22. The van der Waals surface area contributed by atoms with Gasteiger partial charge in [-0.05, 0) is 41.8 Å². The van der Waals surface area contributed by atoms with Crippen LogP contribution in [0, 0.1) is 6.92 Å². The summed E-state index contributed by atoms with van der Waals surface area (Å²) in [5.41, 5.74) is 3.09. The Hall–Kier alpha value is -0.900. The third-order valence-electron chi connectivity index (χ3n) is 3.29. The summed E-state index contributed by atoms with van der Waals surface area (Å²) in [5, 5.41) is 1.35. The molecule has 21 heavy (non-hydrogen) atoms. The van der Waals surface area contributed by atoms with Crippen molar-refractivity contribution in [1.82, 2.24) is 0 Å². The summed E-state index contributed by atoms with van der Waals surface area (Å²) >= 11 is 16.2. The lowest BCUT2D eigenvalue weighted by Crippen LogP contribution is -2.15. The van der Waals surface area contributed by atoms with E-state index in [4.69, 9.17) is 32.7 Å². The van der Waals surface area contributed by atoms with Gasteiger partial charge in [0.1, 0.15) is 13.2 Å². The van der Waals surface area contributed by atoms with Crippen LogP contribution in [0.3, 0.4) is 0 Å². The number of alkyl halides is 1. The van der Waals surface area contributed by atoms with E-state index in [9.17, 15) is 0 Å². The van der Waals surface area contributed by atoms with Crippen molar-refractivity contribution in [3.05, 3.63) is 57.1 Å². The molecule has 0 spiro atoms. The van der Waals surface area contributed by atoms with Gasteiger partial charge in [-0.2, -0.15) is 0 Å². The normalized spacial score (nSPS) is 14.9. The summed E-state index contributed by atoms with van der Waals surface area (Å²) in [7, 11) is 0. The predicted molar refractivity (Wildman–Crippen MR) is 89.4 cm³/mol. The highest BCUT2D eigenvalue weighted by Gasteiger charge is 2.20. The molecular weight excluding hydrogens is 375 g/mol. The quantitative estimate of drug-likeness (QED) is 0.628. The van der Waals surface area contributed by atoms with Crippen LogP contribution in [0.2, 0.25) is 10.0 Å². The molecule has 2 nitrogen and oxygen atoms in total. The van der Waals surface area contributed by atoms with Crippen LogP contribution in [0.1, 0.15) is 21.5 Å². The maximum Gasteiger partial charge on any atom is 0.162 e. The average Bonchev–Trinajstić information content (AvgIpc) is 2.44. The zero-order chi connectivity index (χ0) is 15.0. The minimum absolute atomic E-state index is 0.0572. The highest BCUT2D eigenvalue weighted by atomic mass is 79.9. The number of hydrogen-bond donors (Lipinski definition) is 0. The SMILES string of the molecule is Cc1cc(Cl)cc(C(Br)c2cc3c(cc2Cl)OCCO3)c1. The molecule has 0 aliphatic carbocycles. The van der Waals surface area contributed by atoms with Crippen molar-refractivity contribution in [2.24, 2.45) is 0 Å². The van der Waals surface area contributed by atoms with E-state index in [-0.39, 0.29) is 4.83 Å². The van der Waals surface area contributed by atoms with Crippen LogP contribution < -0.4 is 9.47 Å². The van der Waals surface area contributed by atoms with Gasteiger partial charge in [-0.1, -0.05) is 45.2 Å². The van der Waals surface area contributed by atoms with E-state index in [2.05, 4.69) is 22.0 Å². The number of halogens is 3. The lowest BCUT2D eigenvalue weighted by molar-refractivity contribution is 0.171. The van der Waals surface area contributed by atoms with E-state index in [1.54, 1.807) is 6.07 Å². The van der Waals surface area contributed by atoms with Gasteiger partial charge in [0.05, 0.1) is 4.83 Å². The Labute approximate surface area is 142 Å². The monoisotopic (exact) mass is 386 g/mol. The van der Waals surface area contributed by atoms with Gasteiger partial charge in [0.15, 0.2) is 11.5 Å². The largest absolute Gasteiger partial charge is 0.486 e. The second kappa shape index (κ2) is 6.07. The molecule has 0 amide bonds. The number of hydrogen-bond acceptors (Lipinski definition) is 2. The molecule has 1 aliphatic rings. The van der Waals surface area contributed by atoms with Gasteiger partial charge < -0.3 is 9.47 Å². The first kappa shape index (κ1) is 15.0. The molecule has 5 heteroatoms. The second-order valence-corrected chi connectivity index (χ2v) is 6.70. The molecule has 0 aromatic heterocycles. The molecule has 1 heterocycles. The molecule has 110 valence electrons. The first-order valence-electron chi connectivity index (χ1n) is 6.55. The fourth-order valence-corrected chi connectivity index (χ4v) is 3.70. The summed E-state index contributed by atoms with van der Waals surface area (Å²) in [4.78, 5) is -0.0572. The number of aryl methyl sites for hydroxylation is 1. The molecule has 1 aliphatic heterocycles. The van der Waals surface area contributed by atoms with Crippen molar-refractivity contribution in [2.75, 3.05) is 13.2 Å². The van der Waals surface area contributed by atoms with Gasteiger partial charge in [-0.25, -0.2) is 0 Å². The standard InChI is InChI=1S/C16H13BrCl2O2/c1-9-4-10(6-11(18)5-9)16(17)12-7-14-15(8-13(12)19)21-3-2-20-14/h4-8,16H,2-3H2,1H3. The first-order chi connectivity index (χ1) is 10.0. The van der Waals surface area contributed by atoms with E-state index in [1.807, 2.05) is 25.1 Å². The smallest absolute Gasteiger partial charge is 0.162 e. The zero-order valence-electron chi connectivity index (χ0n) is 11.3. The van der Waals surface area contributed by atoms with Gasteiger partial charge in [-0.3, -0.25) is 0 Å². The lowest BCUT2D eigenvalue weighted by atomic mass is 10.0. The van der Waals surface area contributed by atoms with E-state index in [0.29, 0.717) is 29.0 Å². The molecule has 0 saturated heterocycles. The average molecular weight is 388 g/mol. The van der Waals surface area contributed by atoms with Gasteiger partial charge in [0.2, 0.25) is 0 Å². The van der Waals surface area contributed by atoms with Crippen molar-refractivity contribution in [3.63, 3.8) is 0 Å². The zero-order valence-corrected chi connectivity index (χ0v) is 14.4. The molecule has 0 radical (unpaired) electrons. The van der Waals surface area contributed by atoms with Crippen LogP contribution in [-0.2, 0) is 0 Å². The maximum atomic E-state index is 6.39. The molecule has 2 aromatic carbocycles. The Morgan fingerprint density at radius 2 is 1.67 bits per heavy atom. The van der Waals surface area contributed by atoms with E-state index in [0.717, 1.165) is 22.4 Å². The molecule has 0 bridgehead atoms. The predicted octanol–water partition coefficient (Wildman–Crippen LogP) is 5.56. The van der Waals surface area contributed by atoms with E-state index >= 15 is 0 Å². The Kier molecular flexibility index (Phi) is 4.34. The summed E-state index contributed by atoms with van der Waals surface area (Å²) < 4.78 is 11.2. The second-order valence-electron chi connectivity index (χ2n) is 4.94. The third-order valence-corrected chi connectivity index (χ3v) is 4.86. The number of benzene rings is 2. The molecule has 0 fully saturated rings. The summed E-state index contributed by atoms with van der Waals surface area (Å²) in [6.07, 6.45) is 0. The van der Waals surface area contributed by atoms with Gasteiger partial charge >= 0.3 is 0 Å². The molecule has 3 rings (SSSR count). The molecule has 0 N–H and O–H groups in total. The van der Waals surface area contributed by atoms with Gasteiger partial charge in [0.25, 0.3) is 0 Å². The van der Waals surface area contributed by atoms with Crippen molar-refractivity contribution >= 4 is 39.1 Å². The summed E-state index contributed by atoms with van der Waals surface area (Å²) in [5.74, 6) is 1.42. The molecular formula is C16H13BrCl2O2. The summed E-state index contributed by atoms with van der Waals surface area (Å²) in [6, 6.07) is 9.67. The van der Waals surface area contributed by atoms with Crippen molar-refractivity contribution in [3.8, 4) is 11.5 Å². The van der Waals surface area contributed by atoms with Crippen LogP contribution in [0.25, 0.3) is 0 Å². The fourth-order valence-electron chi connectivity index (χ4n) is 2.36. The van der Waals surface area contributed by atoms with Crippen LogP contribution >= 0.6 is 39.1 Å². The Bertz CT molecular complexity index is 668. The Balaban J connectivity index is 2.02. The highest BCUT2D eigenvalue weighted by molar-refractivity contribution is 9.09. The van der Waals surface area contributed by atoms with Crippen molar-refractivity contribution in [2.45, 2.75) is 11.8 Å². The van der Waals surface area contributed by atoms with Crippen molar-refractivity contribution in [1.29, 1.82) is 0 Å². The van der Waals surface area contributed by atoms with Crippen LogP contribution in [0.5, 0.6) is 11.5 Å². The number of ether oxygens (including phenoxy) is 2. The lowest BCUT2D eigenvalue weighted by Gasteiger charge is -2.21. The minimum atomic E-state index is -0.0572. The van der Waals surface area contributed by atoms with Crippen molar-refractivity contribution < 1.29 is 9.47 Å². The van der Waals surface area contributed by atoms with Crippen LogP contribution in [0.15, 0.2) is 30.3 Å². The minimum Gasteiger partial charge on any atom is -0.486 e. The topological polar surface area (TPSA) is 18.5 Å². The van der Waals surface area contributed by atoms with Gasteiger partial charge in [-0.15, -0.1) is 0 Å². The van der Waals surface area contributed by atoms with E-state index in [1.165, 1.54) is 0 Å². The Morgan fingerprint density at radius 1 is 1.00 bits per heavy atom. The Morgan fingerprint density at radius 3 is 2.33 bits per heavy atom.